The molecule has 0 aliphatic carbocycles. The van der Waals surface area contributed by atoms with E-state index in [4.69, 9.17) is 14.7 Å². The van der Waals surface area contributed by atoms with Crippen molar-refractivity contribution >= 4 is 21.7 Å². The SMILES string of the molecule is COc1ccc2ccccc2c1-c1nc(-c2ccccc2)nc2ccccc12. The Balaban J connectivity index is 1.91. The predicted molar refractivity (Wildman–Crippen MR) is 114 cm³/mol. The fourth-order valence-corrected chi connectivity index (χ4v) is 3.65. The molecule has 134 valence electrons. The van der Waals surface area contributed by atoms with Gasteiger partial charge in [-0.3, -0.25) is 0 Å². The number of para-hydroxylation sites is 1. The molecule has 5 rings (SSSR count). The van der Waals surface area contributed by atoms with E-state index in [0.717, 1.165) is 44.2 Å². The Hall–Kier alpha value is -3.72. The van der Waals surface area contributed by atoms with Crippen LogP contribution >= 0.6 is 0 Å². The van der Waals surface area contributed by atoms with Crippen LogP contribution in [0.4, 0.5) is 0 Å². The van der Waals surface area contributed by atoms with Gasteiger partial charge in [-0.1, -0.05) is 78.9 Å². The second kappa shape index (κ2) is 6.78. The highest BCUT2D eigenvalue weighted by molar-refractivity contribution is 6.05. The van der Waals surface area contributed by atoms with Crippen molar-refractivity contribution in [3.05, 3.63) is 91.0 Å². The van der Waals surface area contributed by atoms with Gasteiger partial charge in [0.15, 0.2) is 5.82 Å². The molecule has 1 heterocycles. The van der Waals surface area contributed by atoms with Gasteiger partial charge < -0.3 is 4.74 Å². The van der Waals surface area contributed by atoms with Crippen molar-refractivity contribution in [2.45, 2.75) is 0 Å². The van der Waals surface area contributed by atoms with E-state index >= 15 is 0 Å². The number of fused-ring (bicyclic) bond motifs is 2. The van der Waals surface area contributed by atoms with Crippen molar-refractivity contribution in [1.29, 1.82) is 0 Å². The highest BCUT2D eigenvalue weighted by Crippen LogP contribution is 2.39. The Morgan fingerprint density at radius 3 is 2.18 bits per heavy atom. The summed E-state index contributed by atoms with van der Waals surface area (Å²) in [5.74, 6) is 1.52. The third-order valence-electron chi connectivity index (χ3n) is 4.98. The highest BCUT2D eigenvalue weighted by atomic mass is 16.5. The fourth-order valence-electron chi connectivity index (χ4n) is 3.65. The summed E-state index contributed by atoms with van der Waals surface area (Å²) < 4.78 is 5.74. The molecule has 0 saturated heterocycles. The van der Waals surface area contributed by atoms with E-state index < -0.39 is 0 Å². The van der Waals surface area contributed by atoms with Crippen LogP contribution in [-0.4, -0.2) is 17.1 Å². The number of aromatic nitrogens is 2. The molecule has 0 bridgehead atoms. The molecule has 0 amide bonds. The molecular weight excluding hydrogens is 344 g/mol. The van der Waals surface area contributed by atoms with E-state index in [9.17, 15) is 0 Å². The monoisotopic (exact) mass is 362 g/mol. The summed E-state index contributed by atoms with van der Waals surface area (Å²) in [5, 5.41) is 3.28. The third kappa shape index (κ3) is 2.69. The topological polar surface area (TPSA) is 35.0 Å². The normalized spacial score (nSPS) is 11.0. The molecule has 4 aromatic carbocycles. The lowest BCUT2D eigenvalue weighted by molar-refractivity contribution is 0.417. The quantitative estimate of drug-likeness (QED) is 0.387. The maximum absolute atomic E-state index is 5.74. The van der Waals surface area contributed by atoms with Crippen LogP contribution < -0.4 is 4.74 Å². The second-order valence-corrected chi connectivity index (χ2v) is 6.64. The minimum atomic E-state index is 0.712. The zero-order chi connectivity index (χ0) is 18.9. The Morgan fingerprint density at radius 2 is 1.36 bits per heavy atom. The standard InChI is InChI=1S/C25H18N2O/c1-28-22-16-15-17-9-5-6-12-19(17)23(22)24-20-13-7-8-14-21(20)26-25(27-24)18-10-3-2-4-11-18/h2-16H,1H3. The summed E-state index contributed by atoms with van der Waals surface area (Å²) in [6.07, 6.45) is 0. The van der Waals surface area contributed by atoms with Crippen molar-refractivity contribution in [3.8, 4) is 28.4 Å². The van der Waals surface area contributed by atoms with E-state index in [0.29, 0.717) is 5.82 Å². The van der Waals surface area contributed by atoms with Crippen molar-refractivity contribution < 1.29 is 4.74 Å². The summed E-state index contributed by atoms with van der Waals surface area (Å²) in [4.78, 5) is 9.82. The summed E-state index contributed by atoms with van der Waals surface area (Å²) in [7, 11) is 1.70. The van der Waals surface area contributed by atoms with Crippen LogP contribution in [0.15, 0.2) is 91.0 Å². The van der Waals surface area contributed by atoms with E-state index in [2.05, 4.69) is 24.3 Å². The van der Waals surface area contributed by atoms with Crippen molar-refractivity contribution in [2.75, 3.05) is 7.11 Å². The lowest BCUT2D eigenvalue weighted by Crippen LogP contribution is -1.97. The van der Waals surface area contributed by atoms with E-state index in [-0.39, 0.29) is 0 Å². The second-order valence-electron chi connectivity index (χ2n) is 6.64. The zero-order valence-corrected chi connectivity index (χ0v) is 15.5. The molecular formula is C25H18N2O. The first-order valence-electron chi connectivity index (χ1n) is 9.23. The Kier molecular flexibility index (Phi) is 3.99. The molecule has 0 fully saturated rings. The number of nitrogens with zero attached hydrogens (tertiary/aromatic N) is 2. The third-order valence-corrected chi connectivity index (χ3v) is 4.98. The lowest BCUT2D eigenvalue weighted by atomic mass is 9.98. The van der Waals surface area contributed by atoms with Crippen LogP contribution in [0.25, 0.3) is 44.3 Å². The summed E-state index contributed by atoms with van der Waals surface area (Å²) in [6.45, 7) is 0. The fraction of sp³-hybridized carbons (Fsp3) is 0.0400. The van der Waals surface area contributed by atoms with Gasteiger partial charge in [-0.25, -0.2) is 9.97 Å². The summed E-state index contributed by atoms with van der Waals surface area (Å²) in [5.41, 5.74) is 3.80. The van der Waals surface area contributed by atoms with Crippen LogP contribution in [0.2, 0.25) is 0 Å². The van der Waals surface area contributed by atoms with Crippen molar-refractivity contribution in [2.24, 2.45) is 0 Å². The lowest BCUT2D eigenvalue weighted by Gasteiger charge is -2.15. The molecule has 0 unspecified atom stereocenters. The van der Waals surface area contributed by atoms with Crippen LogP contribution in [-0.2, 0) is 0 Å². The first-order valence-corrected chi connectivity index (χ1v) is 9.23. The zero-order valence-electron chi connectivity index (χ0n) is 15.5. The van der Waals surface area contributed by atoms with Crippen LogP contribution in [0.1, 0.15) is 0 Å². The van der Waals surface area contributed by atoms with Crippen LogP contribution in [0, 0.1) is 0 Å². The molecule has 28 heavy (non-hydrogen) atoms. The average Bonchev–Trinajstić information content (AvgIpc) is 2.78. The van der Waals surface area contributed by atoms with Gasteiger partial charge in [-0.15, -0.1) is 0 Å². The Labute approximate surface area is 163 Å². The number of benzene rings is 4. The molecule has 3 nitrogen and oxygen atoms in total. The molecule has 0 atom stereocenters. The first-order chi connectivity index (χ1) is 13.8. The van der Waals surface area contributed by atoms with E-state index in [1.807, 2.05) is 66.7 Å². The number of methoxy groups -OCH3 is 1. The van der Waals surface area contributed by atoms with Crippen LogP contribution in [0.3, 0.4) is 0 Å². The molecule has 0 spiro atoms. The van der Waals surface area contributed by atoms with Gasteiger partial charge in [-0.05, 0) is 22.9 Å². The van der Waals surface area contributed by atoms with Gasteiger partial charge >= 0.3 is 0 Å². The minimum absolute atomic E-state index is 0.712. The van der Waals surface area contributed by atoms with Gasteiger partial charge in [0.05, 0.1) is 23.9 Å². The molecule has 0 radical (unpaired) electrons. The smallest absolute Gasteiger partial charge is 0.160 e. The molecule has 5 aromatic rings. The molecule has 1 aromatic heterocycles. The molecule has 0 aliphatic heterocycles. The van der Waals surface area contributed by atoms with Crippen LogP contribution in [0.5, 0.6) is 5.75 Å². The first kappa shape index (κ1) is 16.5. The molecule has 0 N–H and O–H groups in total. The molecule has 3 heteroatoms. The van der Waals surface area contributed by atoms with Gasteiger partial charge in [-0.2, -0.15) is 0 Å². The highest BCUT2D eigenvalue weighted by Gasteiger charge is 2.17. The van der Waals surface area contributed by atoms with Gasteiger partial charge in [0.25, 0.3) is 0 Å². The molecule has 0 aliphatic rings. The van der Waals surface area contributed by atoms with Gasteiger partial charge in [0.1, 0.15) is 5.75 Å². The maximum Gasteiger partial charge on any atom is 0.160 e. The largest absolute Gasteiger partial charge is 0.496 e. The number of hydrogen-bond acceptors (Lipinski definition) is 3. The predicted octanol–water partition coefficient (Wildman–Crippen LogP) is 6.13. The summed E-state index contributed by atoms with van der Waals surface area (Å²) in [6, 6.07) is 30.6. The number of rotatable bonds is 3. The maximum atomic E-state index is 5.74. The Bertz CT molecular complexity index is 1300. The van der Waals surface area contributed by atoms with E-state index in [1.165, 1.54) is 0 Å². The number of hydrogen-bond donors (Lipinski definition) is 0. The average molecular weight is 362 g/mol. The Morgan fingerprint density at radius 1 is 0.643 bits per heavy atom. The number of ether oxygens (including phenoxy) is 1. The van der Waals surface area contributed by atoms with Gasteiger partial charge in [0, 0.05) is 10.9 Å². The van der Waals surface area contributed by atoms with Gasteiger partial charge in [0.2, 0.25) is 0 Å². The van der Waals surface area contributed by atoms with Crippen molar-refractivity contribution in [1.82, 2.24) is 9.97 Å². The van der Waals surface area contributed by atoms with E-state index in [1.54, 1.807) is 7.11 Å². The summed E-state index contributed by atoms with van der Waals surface area (Å²) >= 11 is 0. The molecule has 0 saturated carbocycles. The van der Waals surface area contributed by atoms with Crippen molar-refractivity contribution in [3.63, 3.8) is 0 Å². The minimum Gasteiger partial charge on any atom is -0.496 e.